The maximum Gasteiger partial charge on any atom is 0.128 e. The predicted octanol–water partition coefficient (Wildman–Crippen LogP) is 4.93. The summed E-state index contributed by atoms with van der Waals surface area (Å²) in [7, 11) is 0. The van der Waals surface area contributed by atoms with Crippen LogP contribution in [0, 0.1) is 0 Å². The van der Waals surface area contributed by atoms with E-state index < -0.39 is 0 Å². The van der Waals surface area contributed by atoms with Crippen molar-refractivity contribution in [2.24, 2.45) is 5.11 Å². The van der Waals surface area contributed by atoms with Gasteiger partial charge in [-0.25, -0.2) is 0 Å². The molecule has 18 heavy (non-hydrogen) atoms. The van der Waals surface area contributed by atoms with Gasteiger partial charge < -0.3 is 5.11 Å². The normalized spacial score (nSPS) is 12.1. The fourth-order valence-electron chi connectivity index (χ4n) is 1.75. The second-order valence-electron chi connectivity index (χ2n) is 6.58. The molecule has 0 bridgehead atoms. The lowest BCUT2D eigenvalue weighted by Gasteiger charge is -2.26. The number of benzene rings is 1. The van der Waals surface area contributed by atoms with Crippen molar-refractivity contribution in [3.8, 4) is 5.75 Å². The van der Waals surface area contributed by atoms with Crippen LogP contribution in [-0.4, -0.2) is 5.11 Å². The van der Waals surface area contributed by atoms with Gasteiger partial charge in [-0.15, -0.1) is 0 Å². The Bertz CT molecular complexity index is 501. The van der Waals surface area contributed by atoms with Crippen LogP contribution >= 0.6 is 0 Å². The smallest absolute Gasteiger partial charge is 0.128 e. The van der Waals surface area contributed by atoms with E-state index in [9.17, 15) is 5.11 Å². The Morgan fingerprint density at radius 3 is 2.00 bits per heavy atom. The molecule has 1 aromatic rings. The van der Waals surface area contributed by atoms with Gasteiger partial charge in [-0.3, -0.25) is 0 Å². The van der Waals surface area contributed by atoms with E-state index in [1.807, 2.05) is 26.8 Å². The minimum absolute atomic E-state index is 0.0621. The maximum atomic E-state index is 10.2. The summed E-state index contributed by atoms with van der Waals surface area (Å²) in [5.74, 6) is 0.0771. The van der Waals surface area contributed by atoms with E-state index in [4.69, 9.17) is 5.53 Å². The Kier molecular flexibility index (Phi) is 3.63. The Hall–Kier alpha value is -1.67. The number of rotatable bonds is 1. The molecule has 0 amide bonds. The molecule has 0 heterocycles. The van der Waals surface area contributed by atoms with Crippen LogP contribution in [-0.2, 0) is 10.8 Å². The number of nitrogens with zero attached hydrogens (tertiary/aromatic N) is 3. The standard InChI is InChI=1S/C14H21N3O/c1-13(2,3)9-7-10(14(4,5)6)12(18)11(8-9)16-17-15/h7-8,18H,1-6H3. The molecule has 0 aliphatic rings. The third kappa shape index (κ3) is 2.96. The molecule has 0 aliphatic heterocycles. The lowest BCUT2D eigenvalue weighted by Crippen LogP contribution is -2.16. The van der Waals surface area contributed by atoms with Gasteiger partial charge in [0.05, 0.1) is 5.69 Å². The highest BCUT2D eigenvalue weighted by Crippen LogP contribution is 2.41. The van der Waals surface area contributed by atoms with Crippen LogP contribution in [0.15, 0.2) is 17.2 Å². The number of hydrogen-bond acceptors (Lipinski definition) is 2. The fourth-order valence-corrected chi connectivity index (χ4v) is 1.75. The average Bonchev–Trinajstić information content (AvgIpc) is 2.17. The number of phenols is 1. The van der Waals surface area contributed by atoms with E-state index in [2.05, 4.69) is 30.8 Å². The molecule has 1 aromatic carbocycles. The number of phenolic OH excluding ortho intramolecular Hbond substituents is 1. The van der Waals surface area contributed by atoms with Crippen LogP contribution in [0.3, 0.4) is 0 Å². The Morgan fingerprint density at radius 2 is 1.61 bits per heavy atom. The van der Waals surface area contributed by atoms with Crippen molar-refractivity contribution in [2.45, 2.75) is 52.4 Å². The zero-order valence-electron chi connectivity index (χ0n) is 11.9. The molecular formula is C14H21N3O. The molecule has 0 spiro atoms. The summed E-state index contributed by atoms with van der Waals surface area (Å²) in [5.41, 5.74) is 10.5. The molecule has 0 saturated heterocycles. The van der Waals surface area contributed by atoms with E-state index in [0.717, 1.165) is 11.1 Å². The zero-order valence-corrected chi connectivity index (χ0v) is 11.9. The van der Waals surface area contributed by atoms with E-state index in [-0.39, 0.29) is 16.6 Å². The van der Waals surface area contributed by atoms with Gasteiger partial charge in [-0.05, 0) is 33.6 Å². The third-order valence-electron chi connectivity index (χ3n) is 2.92. The molecule has 0 unspecified atom stereocenters. The lowest BCUT2D eigenvalue weighted by atomic mass is 9.80. The van der Waals surface area contributed by atoms with Gasteiger partial charge in [0, 0.05) is 4.91 Å². The summed E-state index contributed by atoms with van der Waals surface area (Å²) in [4.78, 5) is 2.78. The van der Waals surface area contributed by atoms with Crippen LogP contribution in [0.5, 0.6) is 5.75 Å². The predicted molar refractivity (Wildman–Crippen MR) is 74.3 cm³/mol. The van der Waals surface area contributed by atoms with Gasteiger partial charge in [0.15, 0.2) is 0 Å². The molecule has 0 atom stereocenters. The van der Waals surface area contributed by atoms with Gasteiger partial charge >= 0.3 is 0 Å². The van der Waals surface area contributed by atoms with Gasteiger partial charge in [-0.1, -0.05) is 52.7 Å². The molecule has 0 aromatic heterocycles. The Balaban J connectivity index is 3.62. The van der Waals surface area contributed by atoms with Crippen molar-refractivity contribution in [1.29, 1.82) is 0 Å². The number of hydrogen-bond donors (Lipinski definition) is 1. The van der Waals surface area contributed by atoms with Gasteiger partial charge in [-0.2, -0.15) is 0 Å². The molecule has 4 heteroatoms. The summed E-state index contributed by atoms with van der Waals surface area (Å²) in [6.07, 6.45) is 0. The van der Waals surface area contributed by atoms with Crippen molar-refractivity contribution in [3.63, 3.8) is 0 Å². The van der Waals surface area contributed by atoms with Gasteiger partial charge in [0.1, 0.15) is 5.75 Å². The van der Waals surface area contributed by atoms with Gasteiger partial charge in [0.2, 0.25) is 0 Å². The van der Waals surface area contributed by atoms with Crippen LogP contribution < -0.4 is 0 Å². The quantitative estimate of drug-likeness (QED) is 0.426. The van der Waals surface area contributed by atoms with E-state index >= 15 is 0 Å². The molecule has 4 nitrogen and oxygen atoms in total. The summed E-state index contributed by atoms with van der Waals surface area (Å²) in [6.45, 7) is 12.3. The topological polar surface area (TPSA) is 69.0 Å². The first-order chi connectivity index (χ1) is 8.07. The molecule has 0 radical (unpaired) electrons. The van der Waals surface area contributed by atoms with Crippen molar-refractivity contribution < 1.29 is 5.11 Å². The van der Waals surface area contributed by atoms with Crippen molar-refractivity contribution in [2.75, 3.05) is 0 Å². The zero-order chi connectivity index (χ0) is 14.1. The SMILES string of the molecule is CC(C)(C)c1cc(N=[N+]=[N-])c(O)c(C(C)(C)C)c1. The van der Waals surface area contributed by atoms with Crippen LogP contribution in [0.2, 0.25) is 0 Å². The molecule has 1 N–H and O–H groups in total. The molecular weight excluding hydrogens is 226 g/mol. The Labute approximate surface area is 108 Å². The molecule has 98 valence electrons. The Morgan fingerprint density at radius 1 is 1.06 bits per heavy atom. The average molecular weight is 247 g/mol. The third-order valence-corrected chi connectivity index (χ3v) is 2.92. The first kappa shape index (κ1) is 14.4. The summed E-state index contributed by atoms with van der Waals surface area (Å²) >= 11 is 0. The van der Waals surface area contributed by atoms with E-state index in [0.29, 0.717) is 5.69 Å². The van der Waals surface area contributed by atoms with Crippen LogP contribution in [0.4, 0.5) is 5.69 Å². The summed E-state index contributed by atoms with van der Waals surface area (Å²) < 4.78 is 0. The van der Waals surface area contributed by atoms with Crippen LogP contribution in [0.1, 0.15) is 52.7 Å². The summed E-state index contributed by atoms with van der Waals surface area (Å²) in [6, 6.07) is 3.75. The minimum atomic E-state index is -0.203. The lowest BCUT2D eigenvalue weighted by molar-refractivity contribution is 0.446. The fraction of sp³-hybridized carbons (Fsp3) is 0.571. The monoisotopic (exact) mass is 247 g/mol. The molecule has 0 saturated carbocycles. The van der Waals surface area contributed by atoms with Gasteiger partial charge in [0.25, 0.3) is 0 Å². The van der Waals surface area contributed by atoms with Crippen molar-refractivity contribution >= 4 is 5.69 Å². The second-order valence-corrected chi connectivity index (χ2v) is 6.58. The number of azide groups is 1. The highest BCUT2D eigenvalue weighted by molar-refractivity contribution is 5.60. The second kappa shape index (κ2) is 4.54. The number of aromatic hydroxyl groups is 1. The van der Waals surface area contributed by atoms with E-state index in [1.165, 1.54) is 0 Å². The maximum absolute atomic E-state index is 10.2. The van der Waals surface area contributed by atoms with Crippen molar-refractivity contribution in [1.82, 2.24) is 0 Å². The van der Waals surface area contributed by atoms with E-state index in [1.54, 1.807) is 6.07 Å². The highest BCUT2D eigenvalue weighted by atomic mass is 16.3. The first-order valence-corrected chi connectivity index (χ1v) is 6.00. The molecule has 1 rings (SSSR count). The summed E-state index contributed by atoms with van der Waals surface area (Å²) in [5, 5.41) is 13.8. The molecule has 0 fully saturated rings. The highest BCUT2D eigenvalue weighted by Gasteiger charge is 2.24. The van der Waals surface area contributed by atoms with Crippen LogP contribution in [0.25, 0.3) is 10.4 Å². The van der Waals surface area contributed by atoms with Crippen molar-refractivity contribution in [3.05, 3.63) is 33.7 Å². The minimum Gasteiger partial charge on any atom is -0.507 e. The molecule has 0 aliphatic carbocycles. The largest absolute Gasteiger partial charge is 0.507 e. The first-order valence-electron chi connectivity index (χ1n) is 6.00.